The van der Waals surface area contributed by atoms with Crippen molar-refractivity contribution in [2.75, 3.05) is 0 Å². The van der Waals surface area contributed by atoms with Crippen LogP contribution in [0, 0.1) is 20.2 Å². The molecular weight excluding hydrogens is 360 g/mol. The Labute approximate surface area is 152 Å². The molecule has 2 aromatic rings. The van der Waals surface area contributed by atoms with E-state index in [1.165, 1.54) is 48.5 Å². The monoisotopic (exact) mass is 374 g/mol. The molecule has 0 spiro atoms. The van der Waals surface area contributed by atoms with Gasteiger partial charge in [0.05, 0.1) is 9.85 Å². The second-order valence-electron chi connectivity index (χ2n) is 5.30. The summed E-state index contributed by atoms with van der Waals surface area (Å²) in [5.74, 6) is -0.850. The van der Waals surface area contributed by atoms with Crippen LogP contribution in [0.1, 0.15) is 19.3 Å². The maximum atomic E-state index is 11.7. The number of nitro benzene ring substituents is 2. The lowest BCUT2D eigenvalue weighted by Crippen LogP contribution is -2.11. The number of nitrogens with zero attached hydrogens (tertiary/aromatic N) is 2. The molecule has 0 unspecified atom stereocenters. The topological polar surface area (TPSA) is 139 Å². The number of non-ortho nitro benzene ring substituents is 2. The molecule has 10 nitrogen and oxygen atoms in total. The zero-order valence-electron chi connectivity index (χ0n) is 13.9. The summed E-state index contributed by atoms with van der Waals surface area (Å²) in [6.45, 7) is 0. The van der Waals surface area contributed by atoms with Crippen molar-refractivity contribution in [1.82, 2.24) is 0 Å². The highest BCUT2D eigenvalue weighted by molar-refractivity contribution is 5.75. The van der Waals surface area contributed by atoms with Crippen LogP contribution in [0.5, 0.6) is 11.5 Å². The molecule has 0 fully saturated rings. The predicted molar refractivity (Wildman–Crippen MR) is 91.3 cm³/mol. The van der Waals surface area contributed by atoms with Crippen LogP contribution < -0.4 is 9.47 Å². The molecule has 0 aromatic heterocycles. The quantitative estimate of drug-likeness (QED) is 0.297. The molecule has 0 aliphatic rings. The van der Waals surface area contributed by atoms with E-state index >= 15 is 0 Å². The van der Waals surface area contributed by atoms with Gasteiger partial charge in [-0.3, -0.25) is 29.8 Å². The van der Waals surface area contributed by atoms with Crippen molar-refractivity contribution < 1.29 is 28.9 Å². The van der Waals surface area contributed by atoms with Crippen LogP contribution in [-0.4, -0.2) is 21.8 Å². The van der Waals surface area contributed by atoms with Gasteiger partial charge < -0.3 is 9.47 Å². The summed E-state index contributed by atoms with van der Waals surface area (Å²) in [6, 6.07) is 10.1. The van der Waals surface area contributed by atoms with Crippen LogP contribution in [0.2, 0.25) is 0 Å². The lowest BCUT2D eigenvalue weighted by Gasteiger charge is -2.05. The summed E-state index contributed by atoms with van der Waals surface area (Å²) in [7, 11) is 0. The Kier molecular flexibility index (Phi) is 6.53. The minimum atomic E-state index is -0.591. The number of benzene rings is 2. The normalized spacial score (nSPS) is 10.1. The lowest BCUT2D eigenvalue weighted by molar-refractivity contribution is -0.385. The third-order valence-electron chi connectivity index (χ3n) is 3.32. The van der Waals surface area contributed by atoms with Crippen molar-refractivity contribution in [2.45, 2.75) is 19.3 Å². The number of carbonyl (C=O) groups excluding carboxylic acids is 2. The van der Waals surface area contributed by atoms with Gasteiger partial charge in [-0.1, -0.05) is 0 Å². The SMILES string of the molecule is O=C(CCCC(=O)Oc1ccc([N+](=O)[O-])cc1)Oc1ccc([N+](=O)[O-])cc1. The van der Waals surface area contributed by atoms with Crippen molar-refractivity contribution in [3.05, 3.63) is 68.8 Å². The van der Waals surface area contributed by atoms with Crippen molar-refractivity contribution in [1.29, 1.82) is 0 Å². The molecule has 0 atom stereocenters. The van der Waals surface area contributed by atoms with Crippen molar-refractivity contribution >= 4 is 23.3 Å². The minimum absolute atomic E-state index is 0.0493. The Hall–Kier alpha value is -3.82. The van der Waals surface area contributed by atoms with E-state index in [0.29, 0.717) is 0 Å². The second kappa shape index (κ2) is 9.04. The Morgan fingerprint density at radius 2 is 1.04 bits per heavy atom. The number of carbonyl (C=O) groups is 2. The average molecular weight is 374 g/mol. The van der Waals surface area contributed by atoms with E-state index < -0.39 is 21.8 Å². The Bertz CT molecular complexity index is 775. The predicted octanol–water partition coefficient (Wildman–Crippen LogP) is 3.18. The van der Waals surface area contributed by atoms with E-state index in [9.17, 15) is 29.8 Å². The number of hydrogen-bond donors (Lipinski definition) is 0. The van der Waals surface area contributed by atoms with Crippen molar-refractivity contribution in [2.24, 2.45) is 0 Å². The van der Waals surface area contributed by atoms with E-state index in [1.807, 2.05) is 0 Å². The molecule has 2 rings (SSSR count). The van der Waals surface area contributed by atoms with Crippen molar-refractivity contribution in [3.8, 4) is 11.5 Å². The maximum absolute atomic E-state index is 11.7. The standard InChI is InChI=1S/C17H14N2O8/c20-16(26-14-8-4-12(5-9-14)18(22)23)2-1-3-17(21)27-15-10-6-13(7-11-15)19(24)25/h4-11H,1-3H2. The molecule has 27 heavy (non-hydrogen) atoms. The summed E-state index contributed by atoms with van der Waals surface area (Å²) >= 11 is 0. The van der Waals surface area contributed by atoms with Crippen LogP contribution in [-0.2, 0) is 9.59 Å². The van der Waals surface area contributed by atoms with Gasteiger partial charge in [0.15, 0.2) is 0 Å². The highest BCUT2D eigenvalue weighted by Gasteiger charge is 2.11. The first-order chi connectivity index (χ1) is 12.8. The summed E-state index contributed by atoms with van der Waals surface area (Å²) in [6.07, 6.45) is 0.0797. The molecule has 0 amide bonds. The molecule has 0 bridgehead atoms. The zero-order chi connectivity index (χ0) is 19.8. The van der Waals surface area contributed by atoms with Crippen LogP contribution in [0.3, 0.4) is 0 Å². The number of ether oxygens (including phenoxy) is 2. The molecule has 0 saturated carbocycles. The van der Waals surface area contributed by atoms with Gasteiger partial charge in [0, 0.05) is 37.1 Å². The Morgan fingerprint density at radius 1 is 0.704 bits per heavy atom. The van der Waals surface area contributed by atoms with Crippen LogP contribution >= 0.6 is 0 Å². The molecule has 0 N–H and O–H groups in total. The fraction of sp³-hybridized carbons (Fsp3) is 0.176. The summed E-state index contributed by atoms with van der Waals surface area (Å²) < 4.78 is 10.0. The van der Waals surface area contributed by atoms with Gasteiger partial charge in [-0.25, -0.2) is 0 Å². The largest absolute Gasteiger partial charge is 0.427 e. The van der Waals surface area contributed by atoms with Gasteiger partial charge in [0.2, 0.25) is 0 Å². The Balaban J connectivity index is 1.73. The van der Waals surface area contributed by atoms with Crippen LogP contribution in [0.25, 0.3) is 0 Å². The molecule has 0 radical (unpaired) electrons. The fourth-order valence-corrected chi connectivity index (χ4v) is 2.01. The molecule has 0 heterocycles. The van der Waals surface area contributed by atoms with E-state index in [2.05, 4.69) is 0 Å². The summed E-state index contributed by atoms with van der Waals surface area (Å²) in [4.78, 5) is 43.3. The third kappa shape index (κ3) is 6.20. The van der Waals surface area contributed by atoms with E-state index in [1.54, 1.807) is 0 Å². The fourth-order valence-electron chi connectivity index (χ4n) is 2.01. The highest BCUT2D eigenvalue weighted by atomic mass is 16.6. The molecule has 2 aromatic carbocycles. The van der Waals surface area contributed by atoms with Crippen molar-refractivity contribution in [3.63, 3.8) is 0 Å². The first-order valence-corrected chi connectivity index (χ1v) is 7.75. The first-order valence-electron chi connectivity index (χ1n) is 7.75. The van der Waals surface area contributed by atoms with Gasteiger partial charge in [-0.15, -0.1) is 0 Å². The summed E-state index contributed by atoms with van der Waals surface area (Å²) in [5.41, 5.74) is -0.243. The van der Waals surface area contributed by atoms with Crippen LogP contribution in [0.4, 0.5) is 11.4 Å². The van der Waals surface area contributed by atoms with Gasteiger partial charge in [0.1, 0.15) is 11.5 Å². The molecule has 140 valence electrons. The highest BCUT2D eigenvalue weighted by Crippen LogP contribution is 2.19. The Morgan fingerprint density at radius 3 is 1.33 bits per heavy atom. The first kappa shape index (κ1) is 19.5. The maximum Gasteiger partial charge on any atom is 0.311 e. The number of esters is 2. The number of nitro groups is 2. The third-order valence-corrected chi connectivity index (χ3v) is 3.32. The van der Waals surface area contributed by atoms with Gasteiger partial charge in [0.25, 0.3) is 11.4 Å². The lowest BCUT2D eigenvalue weighted by atomic mass is 10.2. The van der Waals surface area contributed by atoms with Crippen LogP contribution in [0.15, 0.2) is 48.5 Å². The summed E-state index contributed by atoms with van der Waals surface area (Å²) in [5, 5.41) is 21.1. The molecule has 10 heteroatoms. The zero-order valence-corrected chi connectivity index (χ0v) is 13.9. The van der Waals surface area contributed by atoms with Gasteiger partial charge in [-0.05, 0) is 30.7 Å². The molecule has 0 aliphatic heterocycles. The number of rotatable bonds is 8. The second-order valence-corrected chi connectivity index (χ2v) is 5.30. The molecule has 0 saturated heterocycles. The van der Waals surface area contributed by atoms with Gasteiger partial charge >= 0.3 is 11.9 Å². The van der Waals surface area contributed by atoms with Gasteiger partial charge in [-0.2, -0.15) is 0 Å². The average Bonchev–Trinajstić information content (AvgIpc) is 2.62. The molecule has 0 aliphatic carbocycles. The van der Waals surface area contributed by atoms with E-state index in [0.717, 1.165) is 0 Å². The number of hydrogen-bond acceptors (Lipinski definition) is 8. The van der Waals surface area contributed by atoms with E-state index in [-0.39, 0.29) is 42.1 Å². The minimum Gasteiger partial charge on any atom is -0.427 e. The molecular formula is C17H14N2O8. The van der Waals surface area contributed by atoms with E-state index in [4.69, 9.17) is 9.47 Å². The smallest absolute Gasteiger partial charge is 0.311 e.